The van der Waals surface area contributed by atoms with Gasteiger partial charge in [0.25, 0.3) is 5.91 Å². The summed E-state index contributed by atoms with van der Waals surface area (Å²) in [6.45, 7) is 0.359. The molecule has 0 aromatic heterocycles. The number of amides is 2. The van der Waals surface area contributed by atoms with Gasteiger partial charge in [0, 0.05) is 17.8 Å². The van der Waals surface area contributed by atoms with E-state index in [0.717, 1.165) is 16.9 Å². The van der Waals surface area contributed by atoms with Crippen LogP contribution in [0.4, 0.5) is 11.4 Å². The number of nitrogens with one attached hydrogen (secondary N) is 2. The summed E-state index contributed by atoms with van der Waals surface area (Å²) in [5.74, 6) is -0.649. The maximum atomic E-state index is 12.6. The van der Waals surface area contributed by atoms with Gasteiger partial charge in [-0.05, 0) is 42.0 Å². The normalized spacial score (nSPS) is 10.2. The highest BCUT2D eigenvalue weighted by molar-refractivity contribution is 6.00. The topological polar surface area (TPSA) is 84.2 Å². The molecule has 3 aromatic rings. The van der Waals surface area contributed by atoms with Gasteiger partial charge in [-0.15, -0.1) is 0 Å². The number of nitrogens with two attached hydrogens (primary N) is 1. The third-order valence-electron chi connectivity index (χ3n) is 3.92. The molecule has 2 amide bonds. The smallest absolute Gasteiger partial charge is 0.253 e. The summed E-state index contributed by atoms with van der Waals surface area (Å²) in [5.41, 5.74) is 8.76. The molecule has 3 aromatic carbocycles. The molecule has 0 spiro atoms. The number of rotatable bonds is 6. The molecule has 5 nitrogen and oxygen atoms in total. The van der Waals surface area contributed by atoms with Crippen LogP contribution < -0.4 is 16.4 Å². The molecular formula is C21H19N3O2. The van der Waals surface area contributed by atoms with Crippen LogP contribution in [0.1, 0.15) is 26.3 Å². The highest BCUT2D eigenvalue weighted by Gasteiger charge is 2.11. The SMILES string of the molecule is NC(=O)c1ccc(CNC(=O)c2ccccc2Nc2ccccc2)cc1. The van der Waals surface area contributed by atoms with Crippen LogP contribution in [-0.4, -0.2) is 11.8 Å². The number of para-hydroxylation sites is 2. The number of carbonyl (C=O) groups is 2. The Bertz CT molecular complexity index is 906. The highest BCUT2D eigenvalue weighted by atomic mass is 16.2. The van der Waals surface area contributed by atoms with Crippen molar-refractivity contribution in [2.75, 3.05) is 5.32 Å². The van der Waals surface area contributed by atoms with Gasteiger partial charge in [0.1, 0.15) is 0 Å². The minimum Gasteiger partial charge on any atom is -0.366 e. The molecule has 0 atom stereocenters. The van der Waals surface area contributed by atoms with Gasteiger partial charge in [-0.1, -0.05) is 42.5 Å². The van der Waals surface area contributed by atoms with Gasteiger partial charge in [-0.3, -0.25) is 9.59 Å². The van der Waals surface area contributed by atoms with E-state index in [1.807, 2.05) is 48.5 Å². The molecule has 4 N–H and O–H groups in total. The standard InChI is InChI=1S/C21H19N3O2/c22-20(25)16-12-10-15(11-13-16)14-23-21(26)18-8-4-5-9-19(18)24-17-6-2-1-3-7-17/h1-13,24H,14H2,(H2,22,25)(H,23,26). The first kappa shape index (κ1) is 17.2. The quantitative estimate of drug-likeness (QED) is 0.640. The third-order valence-corrected chi connectivity index (χ3v) is 3.92. The van der Waals surface area contributed by atoms with Crippen molar-refractivity contribution in [1.82, 2.24) is 5.32 Å². The molecule has 0 aliphatic rings. The zero-order chi connectivity index (χ0) is 18.4. The lowest BCUT2D eigenvalue weighted by molar-refractivity contribution is 0.0950. The van der Waals surface area contributed by atoms with E-state index < -0.39 is 5.91 Å². The molecule has 5 heteroatoms. The zero-order valence-electron chi connectivity index (χ0n) is 14.1. The lowest BCUT2D eigenvalue weighted by atomic mass is 10.1. The van der Waals surface area contributed by atoms with Crippen molar-refractivity contribution in [2.45, 2.75) is 6.54 Å². The largest absolute Gasteiger partial charge is 0.366 e. The first-order valence-electron chi connectivity index (χ1n) is 8.21. The molecule has 130 valence electrons. The summed E-state index contributed by atoms with van der Waals surface area (Å²) in [5, 5.41) is 6.15. The van der Waals surface area contributed by atoms with Crippen molar-refractivity contribution in [2.24, 2.45) is 5.73 Å². The molecule has 0 unspecified atom stereocenters. The van der Waals surface area contributed by atoms with Crippen molar-refractivity contribution in [1.29, 1.82) is 0 Å². The Morgan fingerprint density at radius 3 is 2.15 bits per heavy atom. The predicted molar refractivity (Wildman–Crippen MR) is 102 cm³/mol. The Balaban J connectivity index is 1.69. The monoisotopic (exact) mass is 345 g/mol. The Morgan fingerprint density at radius 2 is 1.46 bits per heavy atom. The predicted octanol–water partition coefficient (Wildman–Crippen LogP) is 3.46. The van der Waals surface area contributed by atoms with E-state index >= 15 is 0 Å². The minimum absolute atomic E-state index is 0.178. The molecule has 3 rings (SSSR count). The van der Waals surface area contributed by atoms with Gasteiger partial charge >= 0.3 is 0 Å². The van der Waals surface area contributed by atoms with Crippen LogP contribution in [-0.2, 0) is 6.54 Å². The first-order chi connectivity index (χ1) is 12.6. The van der Waals surface area contributed by atoms with E-state index in [0.29, 0.717) is 17.7 Å². The van der Waals surface area contributed by atoms with Gasteiger partial charge in [0.15, 0.2) is 0 Å². The van der Waals surface area contributed by atoms with E-state index in [1.165, 1.54) is 0 Å². The zero-order valence-corrected chi connectivity index (χ0v) is 14.1. The highest BCUT2D eigenvalue weighted by Crippen LogP contribution is 2.20. The molecule has 0 aliphatic heterocycles. The van der Waals surface area contributed by atoms with E-state index in [2.05, 4.69) is 10.6 Å². The number of benzene rings is 3. The summed E-state index contributed by atoms with van der Waals surface area (Å²) in [4.78, 5) is 23.7. The number of hydrogen-bond donors (Lipinski definition) is 3. The molecule has 0 saturated carbocycles. The summed E-state index contributed by atoms with van der Waals surface area (Å²) >= 11 is 0. The molecule has 0 fully saturated rings. The van der Waals surface area contributed by atoms with Gasteiger partial charge in [0.2, 0.25) is 5.91 Å². The molecule has 0 heterocycles. The van der Waals surface area contributed by atoms with E-state index in [9.17, 15) is 9.59 Å². The number of anilines is 2. The molecule has 0 bridgehead atoms. The minimum atomic E-state index is -0.471. The van der Waals surface area contributed by atoms with E-state index in [4.69, 9.17) is 5.73 Å². The Labute approximate surface area is 151 Å². The summed E-state index contributed by atoms with van der Waals surface area (Å²) in [6.07, 6.45) is 0. The second-order valence-electron chi connectivity index (χ2n) is 5.78. The number of hydrogen-bond acceptors (Lipinski definition) is 3. The van der Waals surface area contributed by atoms with Crippen LogP contribution >= 0.6 is 0 Å². The van der Waals surface area contributed by atoms with Crippen molar-refractivity contribution in [3.8, 4) is 0 Å². The maximum absolute atomic E-state index is 12.6. The van der Waals surface area contributed by atoms with Crippen LogP contribution in [0.25, 0.3) is 0 Å². The average molecular weight is 345 g/mol. The summed E-state index contributed by atoms with van der Waals surface area (Å²) < 4.78 is 0. The Kier molecular flexibility index (Phi) is 5.29. The fraction of sp³-hybridized carbons (Fsp3) is 0.0476. The molecule has 0 radical (unpaired) electrons. The second kappa shape index (κ2) is 7.98. The fourth-order valence-electron chi connectivity index (χ4n) is 2.53. The van der Waals surface area contributed by atoms with E-state index in [1.54, 1.807) is 30.3 Å². The van der Waals surface area contributed by atoms with Crippen molar-refractivity contribution in [3.05, 3.63) is 95.6 Å². The molecule has 26 heavy (non-hydrogen) atoms. The molecular weight excluding hydrogens is 326 g/mol. The van der Waals surface area contributed by atoms with Gasteiger partial charge in [0.05, 0.1) is 11.3 Å². The van der Waals surface area contributed by atoms with Crippen LogP contribution in [0.2, 0.25) is 0 Å². The van der Waals surface area contributed by atoms with Gasteiger partial charge < -0.3 is 16.4 Å². The summed E-state index contributed by atoms with van der Waals surface area (Å²) in [7, 11) is 0. The van der Waals surface area contributed by atoms with Crippen molar-refractivity contribution >= 4 is 23.2 Å². The summed E-state index contributed by atoms with van der Waals surface area (Å²) in [6, 6.07) is 23.9. The van der Waals surface area contributed by atoms with Crippen molar-refractivity contribution in [3.63, 3.8) is 0 Å². The van der Waals surface area contributed by atoms with Gasteiger partial charge in [-0.2, -0.15) is 0 Å². The first-order valence-corrected chi connectivity index (χ1v) is 8.21. The average Bonchev–Trinajstić information content (AvgIpc) is 2.67. The maximum Gasteiger partial charge on any atom is 0.253 e. The van der Waals surface area contributed by atoms with Crippen LogP contribution in [0.5, 0.6) is 0 Å². The van der Waals surface area contributed by atoms with E-state index in [-0.39, 0.29) is 5.91 Å². The number of primary amides is 1. The van der Waals surface area contributed by atoms with Crippen LogP contribution in [0.3, 0.4) is 0 Å². The van der Waals surface area contributed by atoms with Crippen LogP contribution in [0, 0.1) is 0 Å². The lowest BCUT2D eigenvalue weighted by Gasteiger charge is -2.12. The molecule has 0 aliphatic carbocycles. The number of carbonyl (C=O) groups excluding carboxylic acids is 2. The van der Waals surface area contributed by atoms with Crippen molar-refractivity contribution < 1.29 is 9.59 Å². The molecule has 0 saturated heterocycles. The lowest BCUT2D eigenvalue weighted by Crippen LogP contribution is -2.23. The van der Waals surface area contributed by atoms with Crippen LogP contribution in [0.15, 0.2) is 78.9 Å². The third kappa shape index (κ3) is 4.27. The van der Waals surface area contributed by atoms with Gasteiger partial charge in [-0.25, -0.2) is 0 Å². The Morgan fingerprint density at radius 1 is 0.808 bits per heavy atom. The Hall–Kier alpha value is -3.60. The fourth-order valence-corrected chi connectivity index (χ4v) is 2.53. The second-order valence-corrected chi connectivity index (χ2v) is 5.78.